The van der Waals surface area contributed by atoms with E-state index in [1.165, 1.54) is 12.1 Å². The molecule has 0 bridgehead atoms. The molecule has 1 saturated heterocycles. The molecule has 2 rings (SSSR count). The molecule has 0 spiro atoms. The highest BCUT2D eigenvalue weighted by Gasteiger charge is 2.24. The van der Waals surface area contributed by atoms with Gasteiger partial charge < -0.3 is 10.6 Å². The third kappa shape index (κ3) is 3.54. The van der Waals surface area contributed by atoms with Crippen molar-refractivity contribution in [3.05, 3.63) is 35.4 Å². The molecule has 1 heterocycles. The van der Waals surface area contributed by atoms with Crippen LogP contribution in [0.4, 0.5) is 8.78 Å². The molecular weight excluding hydrogens is 262 g/mol. The Morgan fingerprint density at radius 2 is 2.30 bits per heavy atom. The van der Waals surface area contributed by atoms with Crippen molar-refractivity contribution < 1.29 is 13.6 Å². The number of piperidine rings is 1. The number of hydrogen-bond donors (Lipinski definition) is 2. The van der Waals surface area contributed by atoms with Crippen LogP contribution >= 0.6 is 0 Å². The highest BCUT2D eigenvalue weighted by Crippen LogP contribution is 2.22. The summed E-state index contributed by atoms with van der Waals surface area (Å²) in [6.45, 7) is 3.47. The van der Waals surface area contributed by atoms with Gasteiger partial charge in [0.1, 0.15) is 11.6 Å². The molecule has 3 nitrogen and oxygen atoms in total. The molecule has 2 atom stereocenters. The molecule has 0 aromatic heterocycles. The third-order valence-electron chi connectivity index (χ3n) is 3.73. The predicted molar refractivity (Wildman–Crippen MR) is 73.1 cm³/mol. The molecule has 0 radical (unpaired) electrons. The third-order valence-corrected chi connectivity index (χ3v) is 3.73. The van der Waals surface area contributed by atoms with Gasteiger partial charge in [0.05, 0.1) is 12.0 Å². The number of amides is 1. The van der Waals surface area contributed by atoms with E-state index in [9.17, 15) is 13.6 Å². The maximum absolute atomic E-state index is 13.8. The van der Waals surface area contributed by atoms with Crippen molar-refractivity contribution in [1.29, 1.82) is 0 Å². The van der Waals surface area contributed by atoms with Crippen LogP contribution in [0.25, 0.3) is 0 Å². The molecule has 0 saturated carbocycles. The molecule has 1 aliphatic heterocycles. The summed E-state index contributed by atoms with van der Waals surface area (Å²) in [5, 5.41) is 6.05. The summed E-state index contributed by atoms with van der Waals surface area (Å²) in [6.07, 6.45) is 2.38. The van der Waals surface area contributed by atoms with Crippen LogP contribution in [0.5, 0.6) is 0 Å². The average Bonchev–Trinajstić information content (AvgIpc) is 2.46. The van der Waals surface area contributed by atoms with Gasteiger partial charge in [-0.3, -0.25) is 4.79 Å². The topological polar surface area (TPSA) is 41.1 Å². The second kappa shape index (κ2) is 6.79. The van der Waals surface area contributed by atoms with Crippen LogP contribution in [-0.2, 0) is 4.79 Å². The summed E-state index contributed by atoms with van der Waals surface area (Å²) in [7, 11) is 0. The van der Waals surface area contributed by atoms with Gasteiger partial charge in [-0.15, -0.1) is 0 Å². The van der Waals surface area contributed by atoms with E-state index in [2.05, 4.69) is 10.6 Å². The largest absolute Gasteiger partial charge is 0.349 e. The molecule has 1 aromatic carbocycles. The summed E-state index contributed by atoms with van der Waals surface area (Å²) in [5.74, 6) is -1.35. The molecule has 1 aromatic rings. The number of rotatable bonds is 4. The van der Waals surface area contributed by atoms with Crippen LogP contribution in [0.2, 0.25) is 0 Å². The van der Waals surface area contributed by atoms with Crippen molar-refractivity contribution >= 4 is 5.91 Å². The molecule has 2 unspecified atom stereocenters. The Hall–Kier alpha value is -1.49. The maximum atomic E-state index is 13.8. The number of carbonyl (C=O) groups excluding carboxylic acids is 1. The molecule has 1 fully saturated rings. The van der Waals surface area contributed by atoms with Crippen molar-refractivity contribution in [2.24, 2.45) is 5.92 Å². The zero-order valence-electron chi connectivity index (χ0n) is 11.6. The van der Waals surface area contributed by atoms with E-state index in [1.54, 1.807) is 0 Å². The van der Waals surface area contributed by atoms with Gasteiger partial charge in [0.25, 0.3) is 0 Å². The number of halogens is 2. The van der Waals surface area contributed by atoms with Crippen molar-refractivity contribution in [2.45, 2.75) is 32.2 Å². The van der Waals surface area contributed by atoms with Crippen LogP contribution in [-0.4, -0.2) is 19.0 Å². The lowest BCUT2D eigenvalue weighted by Crippen LogP contribution is -2.41. The van der Waals surface area contributed by atoms with Gasteiger partial charge in [-0.25, -0.2) is 8.78 Å². The minimum atomic E-state index is -0.612. The fourth-order valence-electron chi connectivity index (χ4n) is 2.55. The van der Waals surface area contributed by atoms with Gasteiger partial charge in [-0.2, -0.15) is 0 Å². The summed E-state index contributed by atoms with van der Waals surface area (Å²) >= 11 is 0. The Bertz CT molecular complexity index is 473. The Balaban J connectivity index is 2.06. The van der Waals surface area contributed by atoms with Gasteiger partial charge >= 0.3 is 0 Å². The lowest BCUT2D eigenvalue weighted by atomic mass is 9.97. The first-order chi connectivity index (χ1) is 9.61. The lowest BCUT2D eigenvalue weighted by Gasteiger charge is -2.25. The van der Waals surface area contributed by atoms with E-state index in [0.717, 1.165) is 25.5 Å². The Kier molecular flexibility index (Phi) is 5.06. The molecule has 0 aliphatic carbocycles. The predicted octanol–water partition coefficient (Wildman–Crippen LogP) is 2.53. The summed E-state index contributed by atoms with van der Waals surface area (Å²) in [5.41, 5.74) is 0.339. The normalized spacial score (nSPS) is 20.4. The van der Waals surface area contributed by atoms with Crippen LogP contribution in [0.3, 0.4) is 0 Å². The molecule has 20 heavy (non-hydrogen) atoms. The van der Waals surface area contributed by atoms with E-state index in [-0.39, 0.29) is 11.8 Å². The van der Waals surface area contributed by atoms with E-state index in [1.807, 2.05) is 6.92 Å². The number of nitrogens with one attached hydrogen (secondary N) is 2. The van der Waals surface area contributed by atoms with Gasteiger partial charge in [0.15, 0.2) is 0 Å². The molecular formula is C15H20F2N2O. The second-order valence-electron chi connectivity index (χ2n) is 5.18. The van der Waals surface area contributed by atoms with Crippen molar-refractivity contribution in [1.82, 2.24) is 10.6 Å². The van der Waals surface area contributed by atoms with E-state index in [4.69, 9.17) is 0 Å². The highest BCUT2D eigenvalue weighted by molar-refractivity contribution is 5.79. The molecule has 110 valence electrons. The standard InChI is InChI=1S/C15H20F2N2O/c1-2-14(12-6-5-11(16)8-13(12)17)19-15(20)10-4-3-7-18-9-10/h5-6,8,10,14,18H,2-4,7,9H2,1H3,(H,19,20). The fourth-order valence-corrected chi connectivity index (χ4v) is 2.55. The number of benzene rings is 1. The van der Waals surface area contributed by atoms with Crippen molar-refractivity contribution in [3.63, 3.8) is 0 Å². The first-order valence-electron chi connectivity index (χ1n) is 7.08. The first-order valence-corrected chi connectivity index (χ1v) is 7.08. The van der Waals surface area contributed by atoms with Gasteiger partial charge in [0, 0.05) is 18.2 Å². The van der Waals surface area contributed by atoms with E-state index in [0.29, 0.717) is 18.5 Å². The van der Waals surface area contributed by atoms with Crippen LogP contribution in [0.1, 0.15) is 37.8 Å². The number of carbonyl (C=O) groups is 1. The summed E-state index contributed by atoms with van der Waals surface area (Å²) < 4.78 is 26.7. The van der Waals surface area contributed by atoms with Gasteiger partial charge in [-0.05, 0) is 31.9 Å². The monoisotopic (exact) mass is 282 g/mol. The lowest BCUT2D eigenvalue weighted by molar-refractivity contribution is -0.126. The highest BCUT2D eigenvalue weighted by atomic mass is 19.1. The minimum Gasteiger partial charge on any atom is -0.349 e. The maximum Gasteiger partial charge on any atom is 0.224 e. The Morgan fingerprint density at radius 3 is 2.90 bits per heavy atom. The van der Waals surface area contributed by atoms with Crippen LogP contribution in [0.15, 0.2) is 18.2 Å². The van der Waals surface area contributed by atoms with E-state index < -0.39 is 17.7 Å². The first kappa shape index (κ1) is 14.9. The Morgan fingerprint density at radius 1 is 1.50 bits per heavy atom. The summed E-state index contributed by atoms with van der Waals surface area (Å²) in [4.78, 5) is 12.2. The van der Waals surface area contributed by atoms with Gasteiger partial charge in [-0.1, -0.05) is 13.0 Å². The molecule has 1 amide bonds. The minimum absolute atomic E-state index is 0.0622. The van der Waals surface area contributed by atoms with Crippen LogP contribution < -0.4 is 10.6 Å². The fraction of sp³-hybridized carbons (Fsp3) is 0.533. The van der Waals surface area contributed by atoms with Gasteiger partial charge in [0.2, 0.25) is 5.91 Å². The zero-order chi connectivity index (χ0) is 14.5. The number of hydrogen-bond acceptors (Lipinski definition) is 2. The molecule has 2 N–H and O–H groups in total. The average molecular weight is 282 g/mol. The zero-order valence-corrected chi connectivity index (χ0v) is 11.6. The van der Waals surface area contributed by atoms with Crippen LogP contribution in [0, 0.1) is 17.6 Å². The Labute approximate surface area is 117 Å². The molecule has 1 aliphatic rings. The van der Waals surface area contributed by atoms with Crippen molar-refractivity contribution in [2.75, 3.05) is 13.1 Å². The quantitative estimate of drug-likeness (QED) is 0.891. The van der Waals surface area contributed by atoms with E-state index >= 15 is 0 Å². The van der Waals surface area contributed by atoms with Crippen molar-refractivity contribution in [3.8, 4) is 0 Å². The molecule has 5 heteroatoms. The SMILES string of the molecule is CCC(NC(=O)C1CCCNC1)c1ccc(F)cc1F. The smallest absolute Gasteiger partial charge is 0.224 e. The second-order valence-corrected chi connectivity index (χ2v) is 5.18. The summed E-state index contributed by atoms with van der Waals surface area (Å²) in [6, 6.07) is 3.06.